The third-order valence-corrected chi connectivity index (χ3v) is 6.80. The van der Waals surface area contributed by atoms with Crippen molar-refractivity contribution in [2.75, 3.05) is 37.6 Å². The molecule has 0 bridgehead atoms. The van der Waals surface area contributed by atoms with Crippen molar-refractivity contribution in [3.05, 3.63) is 94.3 Å². The Balaban J connectivity index is 1.25. The Morgan fingerprint density at radius 3 is 2.64 bits per heavy atom. The molecule has 1 fully saturated rings. The number of aryl methyl sites for hydroxylation is 1. The van der Waals surface area contributed by atoms with Crippen LogP contribution in [0.4, 0.5) is 11.4 Å². The summed E-state index contributed by atoms with van der Waals surface area (Å²) in [4.78, 5) is 23.9. The molecule has 168 valence electrons. The van der Waals surface area contributed by atoms with Crippen LogP contribution in [0.5, 0.6) is 0 Å². The van der Waals surface area contributed by atoms with Crippen LogP contribution in [0.3, 0.4) is 0 Å². The van der Waals surface area contributed by atoms with Crippen molar-refractivity contribution >= 4 is 35.0 Å². The maximum absolute atomic E-state index is 13.2. The molecular formula is C27H27ClN4O. The van der Waals surface area contributed by atoms with Gasteiger partial charge in [0.05, 0.1) is 5.02 Å². The number of rotatable bonds is 4. The first-order chi connectivity index (χ1) is 16.1. The van der Waals surface area contributed by atoms with E-state index in [1.165, 1.54) is 11.3 Å². The molecule has 5 rings (SSSR count). The van der Waals surface area contributed by atoms with Crippen LogP contribution in [0.25, 0.3) is 6.08 Å². The first-order valence-corrected chi connectivity index (χ1v) is 11.7. The van der Waals surface area contributed by atoms with Crippen molar-refractivity contribution in [2.24, 2.45) is 0 Å². The monoisotopic (exact) mass is 458 g/mol. The summed E-state index contributed by atoms with van der Waals surface area (Å²) in [6.45, 7) is 6.79. The van der Waals surface area contributed by atoms with Gasteiger partial charge in [0.15, 0.2) is 0 Å². The van der Waals surface area contributed by atoms with Gasteiger partial charge in [0.25, 0.3) is 5.91 Å². The number of aromatic nitrogens is 1. The van der Waals surface area contributed by atoms with E-state index >= 15 is 0 Å². The number of pyridine rings is 1. The van der Waals surface area contributed by atoms with Crippen LogP contribution in [-0.4, -0.2) is 53.4 Å². The maximum Gasteiger partial charge on any atom is 0.253 e. The van der Waals surface area contributed by atoms with E-state index < -0.39 is 0 Å². The molecule has 0 aliphatic carbocycles. The zero-order chi connectivity index (χ0) is 22.8. The lowest BCUT2D eigenvalue weighted by Crippen LogP contribution is -2.48. The van der Waals surface area contributed by atoms with Crippen LogP contribution < -0.4 is 4.90 Å². The lowest BCUT2D eigenvalue weighted by Gasteiger charge is -2.35. The van der Waals surface area contributed by atoms with Crippen LogP contribution >= 0.6 is 11.6 Å². The molecule has 6 heteroatoms. The number of piperazine rings is 1. The van der Waals surface area contributed by atoms with Crippen molar-refractivity contribution in [3.63, 3.8) is 0 Å². The van der Waals surface area contributed by atoms with Crippen molar-refractivity contribution in [3.8, 4) is 0 Å². The van der Waals surface area contributed by atoms with E-state index in [4.69, 9.17) is 11.6 Å². The van der Waals surface area contributed by atoms with Gasteiger partial charge in [-0.25, -0.2) is 0 Å². The van der Waals surface area contributed by atoms with E-state index in [0.717, 1.165) is 48.6 Å². The van der Waals surface area contributed by atoms with Gasteiger partial charge >= 0.3 is 0 Å². The summed E-state index contributed by atoms with van der Waals surface area (Å²) >= 11 is 6.25. The van der Waals surface area contributed by atoms with Crippen LogP contribution in [0.1, 0.15) is 27.0 Å². The quantitative estimate of drug-likeness (QED) is 0.541. The standard InChI is InChI=1S/C27H27ClN4O/c1-20-17-22(8-9-25(20)32-12-4-6-21-5-2-3-7-26(21)32)27(33)31-15-13-30(14-16-31)19-23-10-11-29-18-24(23)28/h2-11,17-18H,12-16,19H2,1H3. The lowest BCUT2D eigenvalue weighted by atomic mass is 10.0. The van der Waals surface area contributed by atoms with E-state index in [0.29, 0.717) is 18.1 Å². The van der Waals surface area contributed by atoms with Gasteiger partial charge in [-0.2, -0.15) is 0 Å². The Labute approximate surface area is 199 Å². The Kier molecular flexibility index (Phi) is 6.16. The highest BCUT2D eigenvalue weighted by atomic mass is 35.5. The molecule has 3 heterocycles. The number of halogens is 1. The number of hydrogen-bond acceptors (Lipinski definition) is 4. The van der Waals surface area contributed by atoms with Crippen molar-refractivity contribution in [1.29, 1.82) is 0 Å². The van der Waals surface area contributed by atoms with Gasteiger partial charge < -0.3 is 9.80 Å². The van der Waals surface area contributed by atoms with Crippen LogP contribution in [0.2, 0.25) is 5.02 Å². The number of amides is 1. The molecule has 33 heavy (non-hydrogen) atoms. The normalized spacial score (nSPS) is 16.1. The molecule has 1 saturated heterocycles. The number of para-hydroxylation sites is 1. The number of hydrogen-bond donors (Lipinski definition) is 0. The highest BCUT2D eigenvalue weighted by molar-refractivity contribution is 6.31. The van der Waals surface area contributed by atoms with Crippen LogP contribution in [0.15, 0.2) is 67.0 Å². The summed E-state index contributed by atoms with van der Waals surface area (Å²) in [7, 11) is 0. The van der Waals surface area contributed by atoms with Crippen molar-refractivity contribution in [1.82, 2.24) is 14.8 Å². The molecule has 2 aliphatic rings. The Bertz CT molecular complexity index is 1200. The predicted octanol–water partition coefficient (Wildman–Crippen LogP) is 5.17. The van der Waals surface area contributed by atoms with Crippen molar-refractivity contribution < 1.29 is 4.79 Å². The fraction of sp³-hybridized carbons (Fsp3) is 0.259. The van der Waals surface area contributed by atoms with Gasteiger partial charge in [-0.15, -0.1) is 0 Å². The number of carbonyl (C=O) groups is 1. The van der Waals surface area contributed by atoms with Gasteiger partial charge in [-0.3, -0.25) is 14.7 Å². The number of anilines is 2. The second kappa shape index (κ2) is 9.38. The van der Waals surface area contributed by atoms with Gasteiger partial charge in [-0.1, -0.05) is 42.0 Å². The summed E-state index contributed by atoms with van der Waals surface area (Å²) in [5.41, 5.74) is 6.50. The van der Waals surface area contributed by atoms with E-state index in [-0.39, 0.29) is 5.91 Å². The van der Waals surface area contributed by atoms with Gasteiger partial charge in [0, 0.05) is 68.6 Å². The summed E-state index contributed by atoms with van der Waals surface area (Å²) in [5.74, 6) is 0.102. The summed E-state index contributed by atoms with van der Waals surface area (Å²) in [6, 6.07) is 16.5. The van der Waals surface area contributed by atoms with E-state index in [9.17, 15) is 4.79 Å². The SMILES string of the molecule is Cc1cc(C(=O)N2CCN(Cc3ccncc3Cl)CC2)ccc1N1CC=Cc2ccccc21. The molecular weight excluding hydrogens is 432 g/mol. The molecule has 1 amide bonds. The minimum atomic E-state index is 0.102. The average Bonchev–Trinajstić information content (AvgIpc) is 2.85. The fourth-order valence-corrected chi connectivity index (χ4v) is 4.82. The molecule has 1 aromatic heterocycles. The molecule has 3 aromatic rings. The molecule has 2 aliphatic heterocycles. The number of benzene rings is 2. The number of carbonyl (C=O) groups excluding carboxylic acids is 1. The number of fused-ring (bicyclic) bond motifs is 1. The van der Waals surface area contributed by atoms with Crippen LogP contribution in [0, 0.1) is 6.92 Å². The van der Waals surface area contributed by atoms with E-state index in [2.05, 4.69) is 64.2 Å². The number of nitrogens with zero attached hydrogens (tertiary/aromatic N) is 4. The first kappa shape index (κ1) is 21.7. The second-order valence-electron chi connectivity index (χ2n) is 8.61. The van der Waals surface area contributed by atoms with Gasteiger partial charge in [0.2, 0.25) is 0 Å². The molecule has 0 spiro atoms. The fourth-order valence-electron chi connectivity index (χ4n) is 4.64. The van der Waals surface area contributed by atoms with Gasteiger partial charge in [-0.05, 0) is 53.9 Å². The molecule has 0 atom stereocenters. The molecule has 0 N–H and O–H groups in total. The zero-order valence-corrected chi connectivity index (χ0v) is 19.5. The lowest BCUT2D eigenvalue weighted by molar-refractivity contribution is 0.0628. The second-order valence-corrected chi connectivity index (χ2v) is 9.02. The van der Waals surface area contributed by atoms with E-state index in [1.807, 2.05) is 23.1 Å². The Hall–Kier alpha value is -3.15. The largest absolute Gasteiger partial charge is 0.337 e. The topological polar surface area (TPSA) is 39.7 Å². The van der Waals surface area contributed by atoms with Crippen LogP contribution in [-0.2, 0) is 6.54 Å². The summed E-state index contributed by atoms with van der Waals surface area (Å²) in [5, 5.41) is 0.693. The zero-order valence-electron chi connectivity index (χ0n) is 18.7. The minimum Gasteiger partial charge on any atom is -0.337 e. The third-order valence-electron chi connectivity index (χ3n) is 6.46. The van der Waals surface area contributed by atoms with Crippen molar-refractivity contribution in [2.45, 2.75) is 13.5 Å². The molecule has 0 radical (unpaired) electrons. The minimum absolute atomic E-state index is 0.102. The highest BCUT2D eigenvalue weighted by Gasteiger charge is 2.24. The smallest absolute Gasteiger partial charge is 0.253 e. The third kappa shape index (κ3) is 4.52. The molecule has 0 saturated carbocycles. The Morgan fingerprint density at radius 1 is 1.03 bits per heavy atom. The molecule has 0 unspecified atom stereocenters. The first-order valence-electron chi connectivity index (χ1n) is 11.3. The van der Waals surface area contributed by atoms with E-state index in [1.54, 1.807) is 12.4 Å². The average molecular weight is 459 g/mol. The predicted molar refractivity (Wildman–Crippen MR) is 134 cm³/mol. The highest BCUT2D eigenvalue weighted by Crippen LogP contribution is 2.34. The molecule has 2 aromatic carbocycles. The maximum atomic E-state index is 13.2. The van der Waals surface area contributed by atoms with Gasteiger partial charge in [0.1, 0.15) is 0 Å². The summed E-state index contributed by atoms with van der Waals surface area (Å²) in [6.07, 6.45) is 7.80. The molecule has 5 nitrogen and oxygen atoms in total. The summed E-state index contributed by atoms with van der Waals surface area (Å²) < 4.78 is 0. The Morgan fingerprint density at radius 2 is 1.85 bits per heavy atom.